The molecule has 10 heteroatoms. The van der Waals surface area contributed by atoms with Gasteiger partial charge in [-0.25, -0.2) is 9.97 Å². The van der Waals surface area contributed by atoms with Crippen LogP contribution >= 0.6 is 22.7 Å². The molecule has 448 valence electrons. The number of nitrogens with zero attached hydrogens (tertiary/aromatic N) is 8. The number of benzene rings is 13. The van der Waals surface area contributed by atoms with Gasteiger partial charge in [0.05, 0.1) is 54.4 Å². The van der Waals surface area contributed by atoms with Crippen LogP contribution in [0.2, 0.25) is 0 Å². The van der Waals surface area contributed by atoms with E-state index < -0.39 is 0 Å². The Bertz CT molecular complexity index is 6730. The van der Waals surface area contributed by atoms with Crippen molar-refractivity contribution >= 4 is 151 Å². The highest BCUT2D eigenvalue weighted by Crippen LogP contribution is 2.42. The van der Waals surface area contributed by atoms with E-state index in [2.05, 4.69) is 326 Å². The van der Waals surface area contributed by atoms with Gasteiger partial charge in [0.25, 0.3) is 0 Å². The van der Waals surface area contributed by atoms with Crippen LogP contribution in [0.1, 0.15) is 0 Å². The van der Waals surface area contributed by atoms with E-state index in [1.54, 1.807) is 22.7 Å². The second-order valence-electron chi connectivity index (χ2n) is 24.6. The number of fused-ring (bicyclic) bond motifs is 18. The molecule has 0 aliphatic rings. The van der Waals surface area contributed by atoms with Crippen LogP contribution in [0.3, 0.4) is 0 Å². The van der Waals surface area contributed by atoms with E-state index >= 15 is 0 Å². The van der Waals surface area contributed by atoms with Crippen molar-refractivity contribution in [2.75, 3.05) is 0 Å². The van der Waals surface area contributed by atoms with Crippen LogP contribution in [-0.2, 0) is 0 Å². The summed E-state index contributed by atoms with van der Waals surface area (Å²) in [5.41, 5.74) is 20.9. The highest BCUT2D eigenvalue weighted by atomic mass is 32.1. The molecule has 8 nitrogen and oxygen atoms in total. The Balaban J connectivity index is 0.000000132. The zero-order valence-corrected chi connectivity index (χ0v) is 53.1. The molecule has 21 aromatic rings. The quantitative estimate of drug-likeness (QED) is 0.149. The van der Waals surface area contributed by atoms with Crippen molar-refractivity contribution < 1.29 is 4.68 Å². The van der Waals surface area contributed by atoms with Crippen LogP contribution < -0.4 is 4.68 Å². The summed E-state index contributed by atoms with van der Waals surface area (Å²) in [5, 5.41) is 12.3. The van der Waals surface area contributed by atoms with Crippen LogP contribution in [0.4, 0.5) is 0 Å². The normalized spacial score (nSPS) is 12.0. The third-order valence-electron chi connectivity index (χ3n) is 19.2. The van der Waals surface area contributed by atoms with Gasteiger partial charge in [-0.2, -0.15) is 4.68 Å². The van der Waals surface area contributed by atoms with Gasteiger partial charge < -0.3 is 13.7 Å². The minimum Gasteiger partial charge on any atom is -0.309 e. The first-order valence-corrected chi connectivity index (χ1v) is 33.9. The van der Waals surface area contributed by atoms with Crippen LogP contribution in [0, 0.1) is 0 Å². The van der Waals surface area contributed by atoms with Crippen molar-refractivity contribution in [1.82, 2.24) is 33.3 Å². The fourth-order valence-electron chi connectivity index (χ4n) is 15.0. The summed E-state index contributed by atoms with van der Waals surface area (Å²) in [6.07, 6.45) is 5.90. The van der Waals surface area contributed by atoms with Crippen molar-refractivity contribution in [3.8, 4) is 50.7 Å². The van der Waals surface area contributed by atoms with Crippen LogP contribution in [0.25, 0.3) is 179 Å². The predicted molar refractivity (Wildman–Crippen MR) is 402 cm³/mol. The molecular weight excluding hydrogens is 1210 g/mol. The molecule has 8 aromatic heterocycles. The number of thiophene rings is 2. The maximum Gasteiger partial charge on any atom is 0.310 e. The second kappa shape index (κ2) is 21.6. The van der Waals surface area contributed by atoms with Crippen LogP contribution in [-0.4, -0.2) is 33.3 Å². The molecule has 0 fully saturated rings. The smallest absolute Gasteiger partial charge is 0.309 e. The third kappa shape index (κ3) is 8.46. The Morgan fingerprint density at radius 1 is 0.271 bits per heavy atom. The number of hydrogen-bond donors (Lipinski definition) is 0. The zero-order chi connectivity index (χ0) is 63.0. The Kier molecular flexibility index (Phi) is 12.2. The van der Waals surface area contributed by atoms with E-state index in [1.165, 1.54) is 140 Å². The average molecular weight is 1260 g/mol. The molecule has 0 aliphatic carbocycles. The molecule has 0 bridgehead atoms. The fourth-order valence-corrected chi connectivity index (χ4v) is 17.1. The molecule has 96 heavy (non-hydrogen) atoms. The van der Waals surface area contributed by atoms with Crippen molar-refractivity contribution in [3.63, 3.8) is 0 Å². The summed E-state index contributed by atoms with van der Waals surface area (Å²) in [4.78, 5) is 14.6. The number of para-hydroxylation sites is 6. The lowest BCUT2D eigenvalue weighted by atomic mass is 10.0. The third-order valence-corrected chi connectivity index (χ3v) is 21.4. The van der Waals surface area contributed by atoms with Crippen molar-refractivity contribution in [1.29, 1.82) is 0 Å². The summed E-state index contributed by atoms with van der Waals surface area (Å²) >= 11 is 3.53. The summed E-state index contributed by atoms with van der Waals surface area (Å²) in [6, 6.07) is 109. The molecule has 0 saturated carbocycles. The molecule has 21 rings (SSSR count). The van der Waals surface area contributed by atoms with Crippen molar-refractivity contribution in [2.24, 2.45) is 0 Å². The summed E-state index contributed by atoms with van der Waals surface area (Å²) in [5.74, 6) is 0.736. The lowest BCUT2D eigenvalue weighted by molar-refractivity contribution is -0.697. The first kappa shape index (κ1) is 54.2. The number of hydrogen-bond acceptors (Lipinski definition) is 5. The first-order valence-electron chi connectivity index (χ1n) is 32.3. The van der Waals surface area contributed by atoms with Crippen LogP contribution in [0.15, 0.2) is 322 Å². The number of aromatic nitrogens is 8. The molecule has 0 saturated heterocycles. The molecule has 0 unspecified atom stereocenters. The van der Waals surface area contributed by atoms with E-state index in [1.807, 2.05) is 18.7 Å². The maximum absolute atomic E-state index is 5.07. The van der Waals surface area contributed by atoms with Gasteiger partial charge in [0.15, 0.2) is 17.5 Å². The highest BCUT2D eigenvalue weighted by molar-refractivity contribution is 7.26. The summed E-state index contributed by atoms with van der Waals surface area (Å²) < 4.78 is 16.4. The van der Waals surface area contributed by atoms with E-state index in [4.69, 9.17) is 15.0 Å². The van der Waals surface area contributed by atoms with Gasteiger partial charge in [0.2, 0.25) is 0 Å². The zero-order valence-electron chi connectivity index (χ0n) is 51.5. The minimum atomic E-state index is 0.736. The maximum atomic E-state index is 5.07. The molecule has 0 aliphatic heterocycles. The average Bonchev–Trinajstić information content (AvgIpc) is 1.64. The summed E-state index contributed by atoms with van der Waals surface area (Å²) in [7, 11) is 0. The van der Waals surface area contributed by atoms with E-state index in [0.717, 1.165) is 38.3 Å². The Hall–Kier alpha value is -12.3. The Morgan fingerprint density at radius 3 is 1.28 bits per heavy atom. The van der Waals surface area contributed by atoms with Crippen LogP contribution in [0.5, 0.6) is 0 Å². The molecular formula is C86H53N8S2+. The molecule has 0 spiro atoms. The fraction of sp³-hybridized carbons (Fsp3) is 0. The monoisotopic (exact) mass is 1260 g/mol. The predicted octanol–water partition coefficient (Wildman–Crippen LogP) is 22.3. The van der Waals surface area contributed by atoms with Gasteiger partial charge in [0, 0.05) is 92.1 Å². The lowest BCUT2D eigenvalue weighted by Gasteiger charge is -2.10. The molecule has 0 atom stereocenters. The summed E-state index contributed by atoms with van der Waals surface area (Å²) in [6.45, 7) is 0. The second-order valence-corrected chi connectivity index (χ2v) is 26.8. The van der Waals surface area contributed by atoms with E-state index in [0.29, 0.717) is 0 Å². The first-order chi connectivity index (χ1) is 47.6. The van der Waals surface area contributed by atoms with E-state index in [9.17, 15) is 0 Å². The molecule has 0 radical (unpaired) electrons. The largest absolute Gasteiger partial charge is 0.310 e. The van der Waals surface area contributed by atoms with Crippen molar-refractivity contribution in [2.45, 2.75) is 0 Å². The molecule has 0 N–H and O–H groups in total. The molecule has 8 heterocycles. The topological polar surface area (TPSA) is 62.3 Å². The Labute approximate surface area is 557 Å². The van der Waals surface area contributed by atoms with Gasteiger partial charge >= 0.3 is 6.33 Å². The van der Waals surface area contributed by atoms with Gasteiger partial charge in [-0.1, -0.05) is 187 Å². The highest BCUT2D eigenvalue weighted by Gasteiger charge is 2.23. The van der Waals surface area contributed by atoms with Gasteiger partial charge in [-0.15, -0.1) is 27.3 Å². The minimum absolute atomic E-state index is 0.736. The number of rotatable bonds is 7. The SMILES string of the molecule is c1ccc(-n2c3ccccc3c3cc(-c4ccc5c(c4)c4ccccc4n5-c4cccc(-c5ncc6sc7ccccc7c6n5)c4)ccc32)cc1.c1ccc(-n2c3ccccc3c3cc(-c4ccc5c6ccccc6n(-[n+]6cncc7sc8ccccc8c76)c5c4)ccc32)cc1. The van der Waals surface area contributed by atoms with Gasteiger partial charge in [-0.3, -0.25) is 0 Å². The Morgan fingerprint density at radius 2 is 0.698 bits per heavy atom. The van der Waals surface area contributed by atoms with E-state index in [-0.39, 0.29) is 0 Å². The van der Waals surface area contributed by atoms with Gasteiger partial charge in [-0.05, 0) is 144 Å². The standard InChI is InChI=1S/C46H28N4S.C40H25N4S/c1-2-12-32(13-3-1)49-39-18-7-4-15-34(39)37-26-29(21-23-41(37)49)30-22-24-42-38(27-30)35-16-5-8-19-40(35)50(42)33-14-10-11-31(25-33)46-47-28-44-45(48-46)36-17-6-9-20-43(36)51-44;1-2-10-28(11-3-1)43-34-15-7-4-13-30(34)33-22-26(19-21-35(33)43)27-18-20-31-29-12-5-8-16-36(29)44(37(31)23-27)42-25-41-24-39-40(42)32-14-6-9-17-38(32)45-39/h1-28H;1-25H/q;+1. The van der Waals surface area contributed by atoms with Gasteiger partial charge in [0.1, 0.15) is 4.70 Å². The van der Waals surface area contributed by atoms with Crippen molar-refractivity contribution in [3.05, 3.63) is 322 Å². The lowest BCUT2D eigenvalue weighted by Crippen LogP contribution is -2.42. The molecule has 0 amide bonds. The molecule has 13 aromatic carbocycles.